The lowest BCUT2D eigenvalue weighted by molar-refractivity contribution is -0.133. The van der Waals surface area contributed by atoms with Crippen molar-refractivity contribution in [3.8, 4) is 17.6 Å². The maximum absolute atomic E-state index is 12.5. The summed E-state index contributed by atoms with van der Waals surface area (Å²) in [7, 11) is 1.47. The van der Waals surface area contributed by atoms with Gasteiger partial charge in [0.2, 0.25) is 10.7 Å². The number of ether oxygens (including phenoxy) is 3. The lowest BCUT2D eigenvalue weighted by Crippen LogP contribution is -2.49. The monoisotopic (exact) mass is 439 g/mol. The minimum atomic E-state index is -1.23. The lowest BCUT2D eigenvalue weighted by Gasteiger charge is -2.42. The van der Waals surface area contributed by atoms with Crippen molar-refractivity contribution in [1.29, 1.82) is 0 Å². The molecule has 1 aliphatic rings. The summed E-state index contributed by atoms with van der Waals surface area (Å²) in [6, 6.07) is 8.92. The van der Waals surface area contributed by atoms with Gasteiger partial charge in [0.1, 0.15) is 18.1 Å². The highest BCUT2D eigenvalue weighted by Crippen LogP contribution is 2.46. The Balaban J connectivity index is 1.83. The molecule has 0 spiro atoms. The molecule has 1 aromatic carbocycles. The van der Waals surface area contributed by atoms with Crippen LogP contribution in [-0.2, 0) is 19.7 Å². The molecule has 0 amide bonds. The number of fused-ring (bicyclic) bond motifs is 1. The summed E-state index contributed by atoms with van der Waals surface area (Å²) >= 11 is 4.55. The number of esters is 1. The highest BCUT2D eigenvalue weighted by atomic mass is 32.1. The second kappa shape index (κ2) is 9.13. The molecule has 31 heavy (non-hydrogen) atoms. The summed E-state index contributed by atoms with van der Waals surface area (Å²) < 4.78 is 15.9. The average Bonchev–Trinajstić information content (AvgIpc) is 2.72. The van der Waals surface area contributed by atoms with E-state index in [1.54, 1.807) is 19.1 Å². The molecule has 1 aromatic heterocycles. The van der Waals surface area contributed by atoms with Crippen LogP contribution in [-0.4, -0.2) is 42.0 Å². The molecule has 0 bridgehead atoms. The Hall–Kier alpha value is -2.82. The molecule has 1 aliphatic heterocycles. The molecule has 3 rings (SSSR count). The normalized spacial score (nSPS) is 18.7. The van der Waals surface area contributed by atoms with Crippen LogP contribution in [0.15, 0.2) is 36.5 Å². The summed E-state index contributed by atoms with van der Waals surface area (Å²) in [6.07, 6.45) is 1.86. The van der Waals surface area contributed by atoms with Crippen LogP contribution in [0.5, 0.6) is 5.75 Å². The number of aromatic nitrogens is 1. The number of methoxy groups -OCH3 is 1. The second-order valence-corrected chi connectivity index (χ2v) is 8.64. The Labute approximate surface area is 187 Å². The number of nitrogens with zero attached hydrogens (tertiary/aromatic N) is 1. The van der Waals surface area contributed by atoms with Gasteiger partial charge in [-0.2, -0.15) is 0 Å². The van der Waals surface area contributed by atoms with Crippen LogP contribution in [0.25, 0.3) is 0 Å². The van der Waals surface area contributed by atoms with Crippen molar-refractivity contribution in [2.24, 2.45) is 0 Å². The van der Waals surface area contributed by atoms with Crippen LogP contribution in [0.2, 0.25) is 0 Å². The SMILES string of the molecule is CCOC(=O)c1ccc(C#Cc2ccc3c(c2)C(C)(C)CC(S)(C(=O)COC)O3)nc1. The zero-order valence-corrected chi connectivity index (χ0v) is 18.9. The molecule has 7 heteroatoms. The minimum Gasteiger partial charge on any atom is -0.469 e. The third-order valence-corrected chi connectivity index (χ3v) is 5.49. The summed E-state index contributed by atoms with van der Waals surface area (Å²) in [5.41, 5.74) is 2.33. The number of hydrogen-bond donors (Lipinski definition) is 1. The van der Waals surface area contributed by atoms with Gasteiger partial charge in [-0.3, -0.25) is 4.79 Å². The third kappa shape index (κ3) is 5.09. The summed E-state index contributed by atoms with van der Waals surface area (Å²) in [4.78, 5) is 27.2. The first-order valence-electron chi connectivity index (χ1n) is 9.92. The van der Waals surface area contributed by atoms with E-state index in [-0.39, 0.29) is 17.8 Å². The molecule has 1 unspecified atom stereocenters. The maximum Gasteiger partial charge on any atom is 0.339 e. The van der Waals surface area contributed by atoms with E-state index in [4.69, 9.17) is 14.2 Å². The van der Waals surface area contributed by atoms with Crippen LogP contribution in [0, 0.1) is 11.8 Å². The van der Waals surface area contributed by atoms with Gasteiger partial charge in [-0.25, -0.2) is 9.78 Å². The van der Waals surface area contributed by atoms with Gasteiger partial charge < -0.3 is 14.2 Å². The van der Waals surface area contributed by atoms with Gasteiger partial charge in [0.05, 0.1) is 12.2 Å². The molecule has 0 saturated heterocycles. The van der Waals surface area contributed by atoms with E-state index in [1.165, 1.54) is 13.3 Å². The van der Waals surface area contributed by atoms with E-state index in [0.717, 1.165) is 11.1 Å². The number of rotatable bonds is 5. The highest BCUT2D eigenvalue weighted by Gasteiger charge is 2.47. The Bertz CT molecular complexity index is 1050. The fraction of sp³-hybridized carbons (Fsp3) is 0.375. The van der Waals surface area contributed by atoms with Crippen LogP contribution in [0.4, 0.5) is 0 Å². The first kappa shape index (κ1) is 22.9. The van der Waals surface area contributed by atoms with Gasteiger partial charge in [0, 0.05) is 30.9 Å². The van der Waals surface area contributed by atoms with E-state index < -0.39 is 10.9 Å². The van der Waals surface area contributed by atoms with Crippen LogP contribution >= 0.6 is 12.6 Å². The first-order chi connectivity index (χ1) is 14.7. The zero-order chi connectivity index (χ0) is 22.6. The van der Waals surface area contributed by atoms with Gasteiger partial charge in [-0.05, 0) is 48.6 Å². The number of hydrogen-bond acceptors (Lipinski definition) is 7. The highest BCUT2D eigenvalue weighted by molar-refractivity contribution is 7.82. The Kier molecular flexibility index (Phi) is 6.73. The fourth-order valence-electron chi connectivity index (χ4n) is 3.48. The number of carbonyl (C=O) groups excluding carboxylic acids is 2. The summed E-state index contributed by atoms with van der Waals surface area (Å²) in [6.45, 7) is 6.11. The summed E-state index contributed by atoms with van der Waals surface area (Å²) in [5, 5.41) is 0. The molecule has 0 N–H and O–H groups in total. The van der Waals surface area contributed by atoms with Crippen molar-refractivity contribution in [2.45, 2.75) is 37.5 Å². The molecule has 2 aromatic rings. The first-order valence-corrected chi connectivity index (χ1v) is 10.4. The molecular formula is C24H25NO5S. The van der Waals surface area contributed by atoms with Gasteiger partial charge >= 0.3 is 5.97 Å². The number of Topliss-reactive ketones (excluding diaryl/α,β-unsaturated/α-hetero) is 1. The molecular weight excluding hydrogens is 414 g/mol. The topological polar surface area (TPSA) is 74.7 Å². The van der Waals surface area contributed by atoms with Gasteiger partial charge in [-0.15, -0.1) is 12.6 Å². The fourth-order valence-corrected chi connectivity index (χ4v) is 4.03. The Morgan fingerprint density at radius 1 is 1.23 bits per heavy atom. The van der Waals surface area contributed by atoms with Crippen molar-refractivity contribution >= 4 is 24.4 Å². The zero-order valence-electron chi connectivity index (χ0n) is 18.0. The van der Waals surface area contributed by atoms with E-state index in [2.05, 4.69) is 29.5 Å². The number of benzene rings is 1. The molecule has 1 atom stereocenters. The van der Waals surface area contributed by atoms with E-state index in [9.17, 15) is 9.59 Å². The molecule has 0 fully saturated rings. The van der Waals surface area contributed by atoms with E-state index >= 15 is 0 Å². The molecule has 0 aliphatic carbocycles. The molecule has 6 nitrogen and oxygen atoms in total. The number of pyridine rings is 1. The van der Waals surface area contributed by atoms with E-state index in [1.807, 2.05) is 32.0 Å². The predicted octanol–water partition coefficient (Wildman–Crippen LogP) is 3.56. The number of ketones is 1. The molecule has 2 heterocycles. The minimum absolute atomic E-state index is 0.0551. The molecule has 0 saturated carbocycles. The van der Waals surface area contributed by atoms with Crippen LogP contribution < -0.4 is 4.74 Å². The second-order valence-electron chi connectivity index (χ2n) is 7.92. The van der Waals surface area contributed by atoms with Crippen molar-refractivity contribution in [3.05, 3.63) is 58.9 Å². The largest absolute Gasteiger partial charge is 0.469 e. The average molecular weight is 440 g/mol. The number of carbonyl (C=O) groups is 2. The van der Waals surface area contributed by atoms with Gasteiger partial charge in [0.15, 0.2) is 0 Å². The van der Waals surface area contributed by atoms with Gasteiger partial charge in [-0.1, -0.05) is 19.8 Å². The molecule has 162 valence electrons. The quantitative estimate of drug-likeness (QED) is 0.436. The smallest absolute Gasteiger partial charge is 0.339 e. The Morgan fingerprint density at radius 3 is 2.65 bits per heavy atom. The number of thiol groups is 1. The van der Waals surface area contributed by atoms with Crippen molar-refractivity contribution in [3.63, 3.8) is 0 Å². The third-order valence-electron chi connectivity index (χ3n) is 4.99. The Morgan fingerprint density at radius 2 is 2.00 bits per heavy atom. The standard InChI is InChI=1S/C24H25NO5S/c1-5-29-22(27)17-8-10-18(25-13-17)9-6-16-7-11-20-19(12-16)23(2,3)15-24(31,30-20)21(26)14-28-4/h7-8,10-13,31H,5,14-15H2,1-4H3. The van der Waals surface area contributed by atoms with Crippen molar-refractivity contribution in [1.82, 2.24) is 4.98 Å². The van der Waals surface area contributed by atoms with Crippen molar-refractivity contribution < 1.29 is 23.8 Å². The van der Waals surface area contributed by atoms with E-state index in [0.29, 0.717) is 30.0 Å². The predicted molar refractivity (Wildman–Crippen MR) is 119 cm³/mol. The van der Waals surface area contributed by atoms with Crippen LogP contribution in [0.3, 0.4) is 0 Å². The van der Waals surface area contributed by atoms with Crippen molar-refractivity contribution in [2.75, 3.05) is 20.3 Å². The summed E-state index contributed by atoms with van der Waals surface area (Å²) in [5.74, 6) is 6.09. The maximum atomic E-state index is 12.5. The van der Waals surface area contributed by atoms with Gasteiger partial charge in [0.25, 0.3) is 0 Å². The molecule has 0 radical (unpaired) electrons. The van der Waals surface area contributed by atoms with Crippen LogP contribution in [0.1, 0.15) is 54.4 Å². The lowest BCUT2D eigenvalue weighted by atomic mass is 9.76.